The number of hydrogen-bond acceptors (Lipinski definition) is 5. The minimum Gasteiger partial charge on any atom is -0.507 e. The van der Waals surface area contributed by atoms with Crippen LogP contribution < -0.4 is 4.74 Å². The Morgan fingerprint density at radius 2 is 2.04 bits per heavy atom. The highest BCUT2D eigenvalue weighted by atomic mass is 35.5. The van der Waals surface area contributed by atoms with Crippen LogP contribution in [0, 0.1) is 5.92 Å². The molecule has 2 unspecified atom stereocenters. The molecule has 6 heteroatoms. The van der Waals surface area contributed by atoms with Gasteiger partial charge in [0.15, 0.2) is 0 Å². The summed E-state index contributed by atoms with van der Waals surface area (Å²) in [6.45, 7) is 0.791. The summed E-state index contributed by atoms with van der Waals surface area (Å²) in [4.78, 5) is 14.5. The Morgan fingerprint density at radius 3 is 2.75 bits per heavy atom. The minimum absolute atomic E-state index is 0.0386. The molecule has 0 bridgehead atoms. The molecule has 150 valence electrons. The summed E-state index contributed by atoms with van der Waals surface area (Å²) in [5, 5.41) is 21.7. The van der Waals surface area contributed by atoms with Crippen molar-refractivity contribution in [1.29, 1.82) is 0 Å². The number of carbonyl (C=O) groups excluding carboxylic acids is 1. The van der Waals surface area contributed by atoms with E-state index in [1.165, 1.54) is 18.2 Å². The fraction of sp³-hybridized carbons (Fsp3) is 0.409. The molecule has 1 aliphatic carbocycles. The number of carbonyl (C=O) groups is 1. The lowest BCUT2D eigenvalue weighted by molar-refractivity contribution is -0.0619. The van der Waals surface area contributed by atoms with Gasteiger partial charge >= 0.3 is 5.97 Å². The van der Waals surface area contributed by atoms with Crippen molar-refractivity contribution in [3.05, 3.63) is 58.6 Å². The molecule has 1 saturated carbocycles. The average Bonchev–Trinajstić information content (AvgIpc) is 2.63. The molecule has 2 aromatic rings. The summed E-state index contributed by atoms with van der Waals surface area (Å²) >= 11 is 5.81. The van der Waals surface area contributed by atoms with Crippen LogP contribution in [0.2, 0.25) is 5.02 Å². The van der Waals surface area contributed by atoms with E-state index in [2.05, 4.69) is 4.90 Å². The maximum absolute atomic E-state index is 12.4. The summed E-state index contributed by atoms with van der Waals surface area (Å²) < 4.78 is 5.45. The zero-order valence-electron chi connectivity index (χ0n) is 16.2. The van der Waals surface area contributed by atoms with Gasteiger partial charge < -0.3 is 19.8 Å². The van der Waals surface area contributed by atoms with E-state index in [-0.39, 0.29) is 17.2 Å². The SMILES string of the molecule is CN(C)CC1CCCCC1(O)c1cccc(OC(=O)c2ccc(Cl)cc2O)c1. The Morgan fingerprint density at radius 1 is 1.25 bits per heavy atom. The molecule has 1 fully saturated rings. The molecule has 0 radical (unpaired) electrons. The van der Waals surface area contributed by atoms with Crippen molar-refractivity contribution in [2.45, 2.75) is 31.3 Å². The van der Waals surface area contributed by atoms with Crippen LogP contribution in [-0.2, 0) is 5.60 Å². The first-order valence-corrected chi connectivity index (χ1v) is 9.86. The van der Waals surface area contributed by atoms with Crippen molar-refractivity contribution in [3.8, 4) is 11.5 Å². The Hall–Kier alpha value is -2.08. The molecule has 5 nitrogen and oxygen atoms in total. The third-order valence-corrected chi connectivity index (χ3v) is 5.58. The predicted octanol–water partition coefficient (Wildman–Crippen LogP) is 4.20. The fourth-order valence-corrected chi connectivity index (χ4v) is 4.13. The smallest absolute Gasteiger partial charge is 0.347 e. The number of benzene rings is 2. The number of phenolic OH excluding ortho intramolecular Hbond substituents is 1. The second kappa shape index (κ2) is 8.52. The number of phenols is 1. The molecule has 0 spiro atoms. The van der Waals surface area contributed by atoms with Gasteiger partial charge in [0.25, 0.3) is 0 Å². The Balaban J connectivity index is 1.84. The summed E-state index contributed by atoms with van der Waals surface area (Å²) in [5.74, 6) is -0.459. The first-order valence-electron chi connectivity index (χ1n) is 9.48. The number of aromatic hydroxyl groups is 1. The third kappa shape index (κ3) is 4.49. The van der Waals surface area contributed by atoms with E-state index >= 15 is 0 Å². The van der Waals surface area contributed by atoms with Crippen molar-refractivity contribution in [3.63, 3.8) is 0 Å². The largest absolute Gasteiger partial charge is 0.507 e. The highest BCUT2D eigenvalue weighted by Gasteiger charge is 2.40. The van der Waals surface area contributed by atoms with Crippen LogP contribution in [0.4, 0.5) is 0 Å². The van der Waals surface area contributed by atoms with Crippen LogP contribution in [0.15, 0.2) is 42.5 Å². The predicted molar refractivity (Wildman–Crippen MR) is 109 cm³/mol. The van der Waals surface area contributed by atoms with E-state index in [1.807, 2.05) is 20.2 Å². The van der Waals surface area contributed by atoms with Gasteiger partial charge in [0, 0.05) is 17.5 Å². The quantitative estimate of drug-likeness (QED) is 0.578. The molecule has 0 aromatic heterocycles. The number of halogens is 1. The van der Waals surface area contributed by atoms with Crippen molar-refractivity contribution in [1.82, 2.24) is 4.90 Å². The maximum atomic E-state index is 12.4. The first kappa shape index (κ1) is 20.6. The molecule has 2 N–H and O–H groups in total. The van der Waals surface area contributed by atoms with Gasteiger partial charge in [-0.15, -0.1) is 0 Å². The Labute approximate surface area is 170 Å². The standard InChI is InChI=1S/C22H26ClNO4/c1-24(2)14-16-6-3-4-11-22(16,27)15-7-5-8-18(12-15)28-21(26)19-10-9-17(23)13-20(19)25/h5,7-10,12-13,16,25,27H,3-4,6,11,14H2,1-2H3. The van der Waals surface area contributed by atoms with Crippen molar-refractivity contribution < 1.29 is 19.7 Å². The van der Waals surface area contributed by atoms with Gasteiger partial charge in [-0.1, -0.05) is 36.6 Å². The molecule has 3 rings (SSSR count). The molecule has 0 heterocycles. The van der Waals surface area contributed by atoms with Crippen LogP contribution in [0.5, 0.6) is 11.5 Å². The van der Waals surface area contributed by atoms with E-state index in [9.17, 15) is 15.0 Å². The van der Waals surface area contributed by atoms with Crippen LogP contribution in [0.1, 0.15) is 41.6 Å². The molecule has 0 saturated heterocycles. The number of aliphatic hydroxyl groups is 1. The lowest BCUT2D eigenvalue weighted by Crippen LogP contribution is -2.43. The molecule has 2 atom stereocenters. The van der Waals surface area contributed by atoms with Gasteiger partial charge in [0.05, 0.1) is 5.60 Å². The molecule has 2 aromatic carbocycles. The zero-order chi connectivity index (χ0) is 20.3. The van der Waals surface area contributed by atoms with Gasteiger partial charge in [-0.25, -0.2) is 4.79 Å². The molecular weight excluding hydrogens is 378 g/mol. The number of ether oxygens (including phenoxy) is 1. The number of hydrogen-bond donors (Lipinski definition) is 2. The normalized spacial score (nSPS) is 22.2. The highest BCUT2D eigenvalue weighted by Crippen LogP contribution is 2.42. The topological polar surface area (TPSA) is 70.0 Å². The zero-order valence-corrected chi connectivity index (χ0v) is 16.9. The van der Waals surface area contributed by atoms with Crippen molar-refractivity contribution in [2.75, 3.05) is 20.6 Å². The van der Waals surface area contributed by atoms with Crippen LogP contribution in [0.25, 0.3) is 0 Å². The van der Waals surface area contributed by atoms with Crippen LogP contribution in [0.3, 0.4) is 0 Å². The molecular formula is C22H26ClNO4. The number of esters is 1. The molecule has 1 aliphatic rings. The van der Waals surface area contributed by atoms with E-state index in [0.717, 1.165) is 31.4 Å². The summed E-state index contributed by atoms with van der Waals surface area (Å²) in [5.41, 5.74) is -0.158. The molecule has 0 amide bonds. The third-order valence-electron chi connectivity index (χ3n) is 5.35. The van der Waals surface area contributed by atoms with Gasteiger partial charge in [-0.2, -0.15) is 0 Å². The second-order valence-corrected chi connectivity index (χ2v) is 8.14. The first-order chi connectivity index (χ1) is 13.3. The lowest BCUT2D eigenvalue weighted by Gasteiger charge is -2.41. The van der Waals surface area contributed by atoms with Crippen LogP contribution in [-0.4, -0.2) is 41.7 Å². The van der Waals surface area contributed by atoms with Gasteiger partial charge in [-0.3, -0.25) is 0 Å². The number of nitrogens with zero attached hydrogens (tertiary/aromatic N) is 1. The Bertz CT molecular complexity index is 854. The van der Waals surface area contributed by atoms with Gasteiger partial charge in [-0.05, 0) is 62.8 Å². The Kier molecular flexibility index (Phi) is 6.28. The summed E-state index contributed by atoms with van der Waals surface area (Å²) in [6, 6.07) is 11.3. The number of rotatable bonds is 5. The van der Waals surface area contributed by atoms with E-state index in [1.54, 1.807) is 18.2 Å². The fourth-order valence-electron chi connectivity index (χ4n) is 3.96. The average molecular weight is 404 g/mol. The minimum atomic E-state index is -0.951. The van der Waals surface area contributed by atoms with Gasteiger partial charge in [0.2, 0.25) is 0 Å². The van der Waals surface area contributed by atoms with Crippen molar-refractivity contribution in [2.24, 2.45) is 5.92 Å². The van der Waals surface area contributed by atoms with E-state index in [0.29, 0.717) is 17.2 Å². The molecule has 28 heavy (non-hydrogen) atoms. The second-order valence-electron chi connectivity index (χ2n) is 7.71. The lowest BCUT2D eigenvalue weighted by atomic mass is 9.71. The van der Waals surface area contributed by atoms with Gasteiger partial charge in [0.1, 0.15) is 17.1 Å². The molecule has 0 aliphatic heterocycles. The van der Waals surface area contributed by atoms with Crippen molar-refractivity contribution >= 4 is 17.6 Å². The van der Waals surface area contributed by atoms with E-state index in [4.69, 9.17) is 16.3 Å². The van der Waals surface area contributed by atoms with Crippen LogP contribution >= 0.6 is 11.6 Å². The maximum Gasteiger partial charge on any atom is 0.347 e. The summed E-state index contributed by atoms with van der Waals surface area (Å²) in [7, 11) is 4.01. The summed E-state index contributed by atoms with van der Waals surface area (Å²) in [6.07, 6.45) is 3.70. The highest BCUT2D eigenvalue weighted by molar-refractivity contribution is 6.30. The monoisotopic (exact) mass is 403 g/mol. The van der Waals surface area contributed by atoms with E-state index < -0.39 is 11.6 Å².